The first-order valence-corrected chi connectivity index (χ1v) is 15.7. The molecule has 0 aliphatic heterocycles. The van der Waals surface area contributed by atoms with Crippen LogP contribution in [-0.4, -0.2) is 61.4 Å². The molecule has 1 heterocycles. The van der Waals surface area contributed by atoms with Gasteiger partial charge in [-0.25, -0.2) is 8.42 Å². The molecule has 40 heavy (non-hydrogen) atoms. The number of rotatable bonds is 14. The van der Waals surface area contributed by atoms with Crippen molar-refractivity contribution in [3.63, 3.8) is 0 Å². The van der Waals surface area contributed by atoms with Gasteiger partial charge in [-0.05, 0) is 47.7 Å². The fourth-order valence-corrected chi connectivity index (χ4v) is 6.51. The second-order valence-corrected chi connectivity index (χ2v) is 12.6. The van der Waals surface area contributed by atoms with Crippen LogP contribution in [0.2, 0.25) is 0 Å². The lowest BCUT2D eigenvalue weighted by atomic mass is 10.1. The molecule has 1 amide bonds. The lowest BCUT2D eigenvalue weighted by Crippen LogP contribution is -2.44. The number of ether oxygens (including phenoxy) is 1. The van der Waals surface area contributed by atoms with Crippen LogP contribution < -0.4 is 0 Å². The zero-order chi connectivity index (χ0) is 28.5. The fraction of sp³-hybridized carbons (Fsp3) is 0.323. The maximum atomic E-state index is 13.9. The number of unbranched alkanes of at least 4 members (excludes halogenated alkanes) is 1. The van der Waals surface area contributed by atoms with Crippen LogP contribution in [0.3, 0.4) is 0 Å². The predicted octanol–water partition coefficient (Wildman–Crippen LogP) is 5.92. The van der Waals surface area contributed by atoms with E-state index in [1.165, 1.54) is 11.4 Å². The Balaban J connectivity index is 1.58. The van der Waals surface area contributed by atoms with Crippen molar-refractivity contribution in [2.45, 2.75) is 37.8 Å². The van der Waals surface area contributed by atoms with Crippen LogP contribution in [0.1, 0.15) is 31.0 Å². The number of hydrogen-bond acceptors (Lipinski definition) is 4. The number of methoxy groups -OCH3 is 1. The summed E-state index contributed by atoms with van der Waals surface area (Å²) < 4.78 is 37.5. The van der Waals surface area contributed by atoms with Crippen LogP contribution in [0, 0.1) is 0 Å². The summed E-state index contributed by atoms with van der Waals surface area (Å²) in [6.07, 6.45) is 3.76. The van der Waals surface area contributed by atoms with E-state index in [1.54, 1.807) is 23.1 Å². The van der Waals surface area contributed by atoms with Gasteiger partial charge in [0.15, 0.2) is 0 Å². The van der Waals surface area contributed by atoms with E-state index in [0.29, 0.717) is 25.0 Å². The summed E-state index contributed by atoms with van der Waals surface area (Å²) >= 11 is 3.48. The Morgan fingerprint density at radius 3 is 2.45 bits per heavy atom. The number of aromatic nitrogens is 1. The monoisotopic (exact) mass is 625 g/mol. The minimum atomic E-state index is -3.97. The molecule has 212 valence electrons. The molecule has 0 saturated carbocycles. The summed E-state index contributed by atoms with van der Waals surface area (Å²) in [5.41, 5.74) is 2.15. The number of amides is 1. The maximum Gasteiger partial charge on any atom is 0.244 e. The van der Waals surface area contributed by atoms with E-state index in [-0.39, 0.29) is 30.5 Å². The van der Waals surface area contributed by atoms with Gasteiger partial charge in [-0.3, -0.25) is 4.79 Å². The number of nitrogens with zero attached hydrogens (tertiary/aromatic N) is 3. The summed E-state index contributed by atoms with van der Waals surface area (Å²) in [6, 6.07) is 24.8. The molecule has 0 spiro atoms. The molecule has 4 aromatic rings. The molecule has 0 aliphatic rings. The molecule has 0 bridgehead atoms. The highest BCUT2D eigenvalue weighted by molar-refractivity contribution is 9.10. The predicted molar refractivity (Wildman–Crippen MR) is 163 cm³/mol. The van der Waals surface area contributed by atoms with Crippen molar-refractivity contribution in [3.8, 4) is 0 Å². The second kappa shape index (κ2) is 14.1. The van der Waals surface area contributed by atoms with E-state index < -0.39 is 10.0 Å². The van der Waals surface area contributed by atoms with Crippen LogP contribution in [0.15, 0.2) is 94.4 Å². The van der Waals surface area contributed by atoms with Gasteiger partial charge in [0.05, 0.1) is 24.6 Å². The van der Waals surface area contributed by atoms with Gasteiger partial charge in [-0.2, -0.15) is 4.31 Å². The van der Waals surface area contributed by atoms with Crippen LogP contribution in [-0.2, 0) is 32.6 Å². The minimum Gasteiger partial charge on any atom is -0.383 e. The molecule has 3 aromatic carbocycles. The Labute approximate surface area is 245 Å². The number of fused-ring (bicyclic) bond motifs is 1. The van der Waals surface area contributed by atoms with E-state index in [1.807, 2.05) is 54.7 Å². The van der Waals surface area contributed by atoms with Crippen molar-refractivity contribution in [1.82, 2.24) is 13.8 Å². The number of sulfonamides is 1. The Morgan fingerprint density at radius 2 is 1.70 bits per heavy atom. The van der Waals surface area contributed by atoms with Gasteiger partial charge < -0.3 is 14.2 Å². The normalized spacial score (nSPS) is 11.8. The quantitative estimate of drug-likeness (QED) is 0.174. The molecule has 7 nitrogen and oxygen atoms in total. The highest BCUT2D eigenvalue weighted by Gasteiger charge is 2.30. The molecule has 0 N–H and O–H groups in total. The molecule has 0 fully saturated rings. The van der Waals surface area contributed by atoms with Gasteiger partial charge in [0, 0.05) is 48.5 Å². The summed E-state index contributed by atoms with van der Waals surface area (Å²) in [4.78, 5) is 15.7. The van der Waals surface area contributed by atoms with E-state index >= 15 is 0 Å². The zero-order valence-corrected chi connectivity index (χ0v) is 25.4. The van der Waals surface area contributed by atoms with E-state index in [2.05, 4.69) is 39.6 Å². The first-order chi connectivity index (χ1) is 19.3. The molecule has 0 aliphatic carbocycles. The van der Waals surface area contributed by atoms with Gasteiger partial charge in [-0.15, -0.1) is 0 Å². The highest BCUT2D eigenvalue weighted by atomic mass is 79.9. The Kier molecular flexibility index (Phi) is 10.6. The first-order valence-electron chi connectivity index (χ1n) is 13.5. The van der Waals surface area contributed by atoms with E-state index in [9.17, 15) is 13.2 Å². The van der Waals surface area contributed by atoms with Gasteiger partial charge in [0.1, 0.15) is 0 Å². The van der Waals surface area contributed by atoms with Gasteiger partial charge in [0.25, 0.3) is 0 Å². The average molecular weight is 627 g/mol. The lowest BCUT2D eigenvalue weighted by molar-refractivity contribution is -0.132. The Hall–Kier alpha value is -2.98. The Morgan fingerprint density at radius 1 is 0.950 bits per heavy atom. The molecular formula is C31H36BrN3O4S. The number of benzene rings is 3. The summed E-state index contributed by atoms with van der Waals surface area (Å²) in [7, 11) is -2.44. The van der Waals surface area contributed by atoms with Crippen LogP contribution in [0.25, 0.3) is 10.8 Å². The van der Waals surface area contributed by atoms with E-state index in [0.717, 1.165) is 34.0 Å². The third kappa shape index (κ3) is 7.40. The van der Waals surface area contributed by atoms with Crippen LogP contribution in [0.5, 0.6) is 0 Å². The summed E-state index contributed by atoms with van der Waals surface area (Å²) in [6.45, 7) is 3.71. The summed E-state index contributed by atoms with van der Waals surface area (Å²) in [5.74, 6) is -0.232. The molecule has 1 aromatic heterocycles. The van der Waals surface area contributed by atoms with Crippen molar-refractivity contribution in [1.29, 1.82) is 0 Å². The maximum absolute atomic E-state index is 13.9. The third-order valence-electron chi connectivity index (χ3n) is 6.90. The van der Waals surface area contributed by atoms with Crippen LogP contribution in [0.4, 0.5) is 0 Å². The second-order valence-electron chi connectivity index (χ2n) is 9.73. The molecule has 0 atom stereocenters. The smallest absolute Gasteiger partial charge is 0.244 e. The number of carbonyl (C=O) groups is 1. The highest BCUT2D eigenvalue weighted by Crippen LogP contribution is 2.26. The molecule has 4 rings (SSSR count). The topological polar surface area (TPSA) is 71.9 Å². The largest absolute Gasteiger partial charge is 0.383 e. The standard InChI is InChI=1S/C31H36BrN3O4S/c1-3-4-18-34(23-28-11-8-19-33(28)22-25-14-16-27(32)17-15-25)31(36)24-35(20-21-39-2)40(37,38)30-13-7-10-26-9-5-6-12-29(26)30/h5-17,19H,3-4,18,20-24H2,1-2H3. The fourth-order valence-electron chi connectivity index (χ4n) is 4.66. The molecule has 0 unspecified atom stereocenters. The van der Waals surface area contributed by atoms with Crippen LogP contribution >= 0.6 is 15.9 Å². The van der Waals surface area contributed by atoms with Crippen molar-refractivity contribution in [3.05, 3.63) is 101 Å². The molecular weight excluding hydrogens is 590 g/mol. The Bertz CT molecular complexity index is 1510. The third-order valence-corrected chi connectivity index (χ3v) is 9.33. The van der Waals surface area contributed by atoms with Gasteiger partial charge >= 0.3 is 0 Å². The molecule has 0 saturated heterocycles. The SMILES string of the molecule is CCCCN(Cc1cccn1Cc1ccc(Br)cc1)C(=O)CN(CCOC)S(=O)(=O)c1cccc2ccccc12. The number of hydrogen-bond donors (Lipinski definition) is 0. The minimum absolute atomic E-state index is 0.0787. The zero-order valence-electron chi connectivity index (χ0n) is 23.0. The van der Waals surface area contributed by atoms with Crippen molar-refractivity contribution in [2.75, 3.05) is 33.4 Å². The molecule has 0 radical (unpaired) electrons. The summed E-state index contributed by atoms with van der Waals surface area (Å²) in [5, 5.41) is 1.46. The van der Waals surface area contributed by atoms with Gasteiger partial charge in [-0.1, -0.05) is 77.8 Å². The average Bonchev–Trinajstić information content (AvgIpc) is 3.40. The van der Waals surface area contributed by atoms with Crippen molar-refractivity contribution in [2.24, 2.45) is 0 Å². The van der Waals surface area contributed by atoms with Gasteiger partial charge in [0.2, 0.25) is 15.9 Å². The van der Waals surface area contributed by atoms with Crippen molar-refractivity contribution >= 4 is 42.6 Å². The number of carbonyl (C=O) groups excluding carboxylic acids is 1. The lowest BCUT2D eigenvalue weighted by Gasteiger charge is -2.28. The number of halogens is 1. The molecule has 9 heteroatoms. The van der Waals surface area contributed by atoms with E-state index in [4.69, 9.17) is 4.74 Å². The van der Waals surface area contributed by atoms with Crippen molar-refractivity contribution < 1.29 is 17.9 Å². The first kappa shape index (κ1) is 30.0.